The normalized spacial score (nSPS) is 12.1. The van der Waals surface area contributed by atoms with Gasteiger partial charge in [0.15, 0.2) is 0 Å². The molecule has 0 fully saturated rings. The summed E-state index contributed by atoms with van der Waals surface area (Å²) >= 11 is 0. The van der Waals surface area contributed by atoms with Crippen molar-refractivity contribution in [2.24, 2.45) is 0 Å². The van der Waals surface area contributed by atoms with Crippen LogP contribution >= 0.6 is 0 Å². The lowest BCUT2D eigenvalue weighted by Crippen LogP contribution is -2.08. The number of rotatable bonds is 8. The van der Waals surface area contributed by atoms with Gasteiger partial charge in [-0.15, -0.1) is 0 Å². The largest absolute Gasteiger partial charge is 0.497 e. The molecule has 0 amide bonds. The second-order valence-electron chi connectivity index (χ2n) is 5.42. The summed E-state index contributed by atoms with van der Waals surface area (Å²) < 4.78 is 5.14. The first kappa shape index (κ1) is 15.6. The molecule has 21 heavy (non-hydrogen) atoms. The van der Waals surface area contributed by atoms with E-state index in [1.807, 2.05) is 18.2 Å². The van der Waals surface area contributed by atoms with Crippen LogP contribution < -0.4 is 4.74 Å². The fourth-order valence-corrected chi connectivity index (χ4v) is 2.46. The van der Waals surface area contributed by atoms with Crippen molar-refractivity contribution < 1.29 is 9.84 Å². The minimum absolute atomic E-state index is 0.212. The van der Waals surface area contributed by atoms with Gasteiger partial charge in [0.25, 0.3) is 0 Å². The molecule has 0 aliphatic carbocycles. The molecule has 2 heteroatoms. The Labute approximate surface area is 127 Å². The molecule has 1 atom stereocenters. The number of hydrogen-bond acceptors (Lipinski definition) is 2. The minimum atomic E-state index is -0.212. The van der Waals surface area contributed by atoms with E-state index in [9.17, 15) is 5.11 Å². The fraction of sp³-hybridized carbons (Fsp3) is 0.368. The minimum Gasteiger partial charge on any atom is -0.497 e. The molecule has 1 N–H and O–H groups in total. The molecule has 0 radical (unpaired) electrons. The van der Waals surface area contributed by atoms with E-state index in [2.05, 4.69) is 36.4 Å². The van der Waals surface area contributed by atoms with Crippen LogP contribution in [0.1, 0.15) is 30.4 Å². The van der Waals surface area contributed by atoms with Crippen molar-refractivity contribution in [3.05, 3.63) is 65.7 Å². The summed E-state index contributed by atoms with van der Waals surface area (Å²) in [5, 5.41) is 10.1. The van der Waals surface area contributed by atoms with Gasteiger partial charge < -0.3 is 9.84 Å². The second-order valence-corrected chi connectivity index (χ2v) is 5.42. The van der Waals surface area contributed by atoms with Crippen molar-refractivity contribution in [1.29, 1.82) is 0 Å². The molecule has 2 nitrogen and oxygen atoms in total. The number of benzene rings is 2. The van der Waals surface area contributed by atoms with E-state index in [0.29, 0.717) is 0 Å². The summed E-state index contributed by atoms with van der Waals surface area (Å²) in [6.45, 7) is 0. The van der Waals surface area contributed by atoms with E-state index in [1.54, 1.807) is 7.11 Å². The molecule has 0 spiro atoms. The van der Waals surface area contributed by atoms with Crippen LogP contribution in [0.2, 0.25) is 0 Å². The Bertz CT molecular complexity index is 505. The number of hydrogen-bond donors (Lipinski definition) is 1. The molecule has 0 bridgehead atoms. The van der Waals surface area contributed by atoms with Crippen LogP contribution in [0.25, 0.3) is 0 Å². The summed E-state index contributed by atoms with van der Waals surface area (Å²) in [5.74, 6) is 0.877. The molecular formula is C19H24O2. The monoisotopic (exact) mass is 284 g/mol. The Balaban J connectivity index is 1.66. The van der Waals surface area contributed by atoms with Crippen LogP contribution in [0.5, 0.6) is 5.75 Å². The maximum absolute atomic E-state index is 10.1. The molecule has 2 aromatic rings. The standard InChI is InChI=1S/C19H24O2/c1-21-19-14-11-17(12-15-19)10-13-18(20)9-5-8-16-6-3-2-4-7-16/h2-4,6-7,11-12,14-15,18,20H,5,8-10,13H2,1H3. The van der Waals surface area contributed by atoms with Gasteiger partial charge in [0.1, 0.15) is 5.75 Å². The lowest BCUT2D eigenvalue weighted by Gasteiger charge is -2.11. The lowest BCUT2D eigenvalue weighted by molar-refractivity contribution is 0.152. The summed E-state index contributed by atoms with van der Waals surface area (Å²) in [6, 6.07) is 18.5. The van der Waals surface area contributed by atoms with Gasteiger partial charge in [0, 0.05) is 0 Å². The van der Waals surface area contributed by atoms with Crippen LogP contribution in [0.3, 0.4) is 0 Å². The molecule has 0 aromatic heterocycles. The van der Waals surface area contributed by atoms with Crippen LogP contribution in [-0.2, 0) is 12.8 Å². The zero-order valence-corrected chi connectivity index (χ0v) is 12.7. The summed E-state index contributed by atoms with van der Waals surface area (Å²) in [5.41, 5.74) is 2.60. The van der Waals surface area contributed by atoms with Crippen molar-refractivity contribution in [3.8, 4) is 5.75 Å². The molecule has 2 aromatic carbocycles. The van der Waals surface area contributed by atoms with Crippen molar-refractivity contribution in [3.63, 3.8) is 0 Å². The Morgan fingerprint density at radius 3 is 2.19 bits per heavy atom. The first-order valence-corrected chi connectivity index (χ1v) is 7.63. The topological polar surface area (TPSA) is 29.5 Å². The number of methoxy groups -OCH3 is 1. The maximum Gasteiger partial charge on any atom is 0.118 e. The molecule has 0 aliphatic heterocycles. The van der Waals surface area contributed by atoms with Gasteiger partial charge in [-0.1, -0.05) is 42.5 Å². The van der Waals surface area contributed by atoms with Crippen molar-refractivity contribution in [1.82, 2.24) is 0 Å². The highest BCUT2D eigenvalue weighted by Crippen LogP contribution is 2.15. The Hall–Kier alpha value is -1.80. The van der Waals surface area contributed by atoms with Gasteiger partial charge in [-0.3, -0.25) is 0 Å². The Morgan fingerprint density at radius 2 is 1.52 bits per heavy atom. The molecule has 0 aliphatic rings. The summed E-state index contributed by atoms with van der Waals surface area (Å²) in [4.78, 5) is 0. The van der Waals surface area contributed by atoms with Crippen molar-refractivity contribution >= 4 is 0 Å². The molecule has 2 rings (SSSR count). The lowest BCUT2D eigenvalue weighted by atomic mass is 10.0. The van der Waals surface area contributed by atoms with Gasteiger partial charge in [0.05, 0.1) is 13.2 Å². The van der Waals surface area contributed by atoms with Crippen molar-refractivity contribution in [2.45, 2.75) is 38.2 Å². The summed E-state index contributed by atoms with van der Waals surface area (Å²) in [7, 11) is 1.67. The molecule has 0 saturated carbocycles. The van der Waals surface area contributed by atoms with E-state index in [4.69, 9.17) is 4.74 Å². The zero-order valence-electron chi connectivity index (χ0n) is 12.7. The van der Waals surface area contributed by atoms with E-state index in [-0.39, 0.29) is 6.10 Å². The number of aliphatic hydroxyl groups excluding tert-OH is 1. The quantitative estimate of drug-likeness (QED) is 0.793. The first-order chi connectivity index (χ1) is 10.3. The van der Waals surface area contributed by atoms with Crippen molar-refractivity contribution in [2.75, 3.05) is 7.11 Å². The van der Waals surface area contributed by atoms with E-state index >= 15 is 0 Å². The van der Waals surface area contributed by atoms with E-state index in [0.717, 1.165) is 37.9 Å². The first-order valence-electron chi connectivity index (χ1n) is 7.63. The van der Waals surface area contributed by atoms with Crippen LogP contribution in [0.4, 0.5) is 0 Å². The maximum atomic E-state index is 10.1. The van der Waals surface area contributed by atoms with Crippen LogP contribution in [-0.4, -0.2) is 18.3 Å². The average Bonchev–Trinajstić information content (AvgIpc) is 2.54. The van der Waals surface area contributed by atoms with Gasteiger partial charge in [-0.2, -0.15) is 0 Å². The SMILES string of the molecule is COc1ccc(CCC(O)CCCc2ccccc2)cc1. The van der Waals surface area contributed by atoms with E-state index < -0.39 is 0 Å². The molecule has 0 saturated heterocycles. The molecular weight excluding hydrogens is 260 g/mol. The summed E-state index contributed by atoms with van der Waals surface area (Å²) in [6.07, 6.45) is 4.47. The molecule has 112 valence electrons. The predicted molar refractivity (Wildman–Crippen MR) is 86.7 cm³/mol. The zero-order chi connectivity index (χ0) is 14.9. The second kappa shape index (κ2) is 8.48. The Morgan fingerprint density at radius 1 is 0.857 bits per heavy atom. The highest BCUT2D eigenvalue weighted by atomic mass is 16.5. The van der Waals surface area contributed by atoms with Crippen LogP contribution in [0, 0.1) is 0 Å². The van der Waals surface area contributed by atoms with E-state index in [1.165, 1.54) is 11.1 Å². The Kier molecular flexibility index (Phi) is 6.29. The smallest absolute Gasteiger partial charge is 0.118 e. The van der Waals surface area contributed by atoms with Gasteiger partial charge in [0.2, 0.25) is 0 Å². The molecule has 0 heterocycles. The number of aryl methyl sites for hydroxylation is 2. The molecule has 1 unspecified atom stereocenters. The fourth-order valence-electron chi connectivity index (χ4n) is 2.46. The highest BCUT2D eigenvalue weighted by Gasteiger charge is 2.05. The predicted octanol–water partition coefficient (Wildman–Crippen LogP) is 4.01. The third-order valence-electron chi connectivity index (χ3n) is 3.77. The third kappa shape index (κ3) is 5.60. The van der Waals surface area contributed by atoms with Gasteiger partial charge >= 0.3 is 0 Å². The average molecular weight is 284 g/mol. The van der Waals surface area contributed by atoms with Crippen LogP contribution in [0.15, 0.2) is 54.6 Å². The van der Waals surface area contributed by atoms with Gasteiger partial charge in [-0.25, -0.2) is 0 Å². The number of aliphatic hydroxyl groups is 1. The van der Waals surface area contributed by atoms with Gasteiger partial charge in [-0.05, 0) is 55.4 Å². The highest BCUT2D eigenvalue weighted by molar-refractivity contribution is 5.27. The third-order valence-corrected chi connectivity index (χ3v) is 3.77. The number of ether oxygens (including phenoxy) is 1.